The number of aromatic nitrogens is 5. The zero-order valence-electron chi connectivity index (χ0n) is 21.7. The highest BCUT2D eigenvalue weighted by atomic mass is 19.4. The fraction of sp³-hybridized carbons (Fsp3) is 0.320. The number of fused-ring (bicyclic) bond motifs is 1. The van der Waals surface area contributed by atoms with Gasteiger partial charge in [0, 0.05) is 24.3 Å². The van der Waals surface area contributed by atoms with E-state index in [0.717, 1.165) is 6.07 Å². The van der Waals surface area contributed by atoms with Crippen LogP contribution in [0.25, 0.3) is 22.0 Å². The molecule has 1 atom stereocenters. The maximum absolute atomic E-state index is 15.0. The zero-order chi connectivity index (χ0) is 30.6. The van der Waals surface area contributed by atoms with Crippen LogP contribution in [-0.2, 0) is 17.5 Å². The molecule has 42 heavy (non-hydrogen) atoms. The first-order valence-corrected chi connectivity index (χ1v) is 12.2. The van der Waals surface area contributed by atoms with E-state index in [9.17, 15) is 31.5 Å². The highest BCUT2D eigenvalue weighted by Crippen LogP contribution is 2.32. The number of pyridine rings is 1. The van der Waals surface area contributed by atoms with E-state index in [2.05, 4.69) is 25.1 Å². The first-order valence-electron chi connectivity index (χ1n) is 12.2. The Morgan fingerprint density at radius 1 is 1.19 bits per heavy atom. The molecule has 0 bridgehead atoms. The molecule has 0 aliphatic rings. The van der Waals surface area contributed by atoms with E-state index in [4.69, 9.17) is 10.5 Å². The average Bonchev–Trinajstić information content (AvgIpc) is 2.92. The predicted molar refractivity (Wildman–Crippen MR) is 139 cm³/mol. The molecule has 0 radical (unpaired) electrons. The van der Waals surface area contributed by atoms with Crippen LogP contribution in [0.3, 0.4) is 0 Å². The maximum Gasteiger partial charge on any atom is 0.423 e. The van der Waals surface area contributed by atoms with Crippen LogP contribution in [0.1, 0.15) is 18.4 Å². The normalized spacial score (nSPS) is 12.6. The molecule has 0 aliphatic heterocycles. The van der Waals surface area contributed by atoms with E-state index in [1.807, 2.05) is 0 Å². The Morgan fingerprint density at radius 3 is 2.62 bits per heavy atom. The molecule has 0 fully saturated rings. The van der Waals surface area contributed by atoms with Crippen LogP contribution in [0.15, 0.2) is 46.4 Å². The molecule has 224 valence electrons. The molecule has 3 heterocycles. The summed E-state index contributed by atoms with van der Waals surface area (Å²) in [5, 5.41) is 7.83. The minimum Gasteiger partial charge on any atom is -0.478 e. The van der Waals surface area contributed by atoms with Gasteiger partial charge in [0.05, 0.1) is 42.9 Å². The average molecular weight is 599 g/mol. The minimum atomic E-state index is -5.05. The van der Waals surface area contributed by atoms with Gasteiger partial charge in [0.15, 0.2) is 5.82 Å². The van der Waals surface area contributed by atoms with Crippen molar-refractivity contribution in [1.29, 1.82) is 0 Å². The molecule has 0 saturated carbocycles. The monoisotopic (exact) mass is 599 g/mol. The van der Waals surface area contributed by atoms with E-state index < -0.39 is 53.6 Å². The lowest BCUT2D eigenvalue weighted by molar-refractivity contribution is -0.138. The lowest BCUT2D eigenvalue weighted by Crippen LogP contribution is -2.32. The Bertz CT molecular complexity index is 1690. The highest BCUT2D eigenvalue weighted by molar-refractivity contribution is 5.86. The molecule has 1 unspecified atom stereocenters. The van der Waals surface area contributed by atoms with Crippen LogP contribution in [0.5, 0.6) is 5.88 Å². The second-order valence-electron chi connectivity index (χ2n) is 8.95. The first kappa shape index (κ1) is 30.3. The zero-order valence-corrected chi connectivity index (χ0v) is 21.7. The summed E-state index contributed by atoms with van der Waals surface area (Å²) < 4.78 is 91.0. The number of nitrogens with one attached hydrogen (secondary N) is 2. The van der Waals surface area contributed by atoms with Gasteiger partial charge < -0.3 is 25.1 Å². The van der Waals surface area contributed by atoms with Gasteiger partial charge in [-0.1, -0.05) is 0 Å². The minimum absolute atomic E-state index is 0.00520. The van der Waals surface area contributed by atoms with Gasteiger partial charge in [-0.05, 0) is 36.4 Å². The van der Waals surface area contributed by atoms with Crippen LogP contribution < -0.4 is 26.9 Å². The molecule has 4 aromatic rings. The molecule has 1 aromatic carbocycles. The van der Waals surface area contributed by atoms with Crippen LogP contribution in [-0.4, -0.2) is 51.1 Å². The summed E-state index contributed by atoms with van der Waals surface area (Å²) in [6.07, 6.45) is -1.58. The molecule has 11 nitrogen and oxygen atoms in total. The summed E-state index contributed by atoms with van der Waals surface area (Å²) in [5.41, 5.74) is 1.55. The van der Waals surface area contributed by atoms with Crippen molar-refractivity contribution in [3.63, 3.8) is 0 Å². The number of H-pyrrole nitrogens is 1. The third-order valence-electron chi connectivity index (χ3n) is 6.17. The van der Waals surface area contributed by atoms with Gasteiger partial charge in [-0.15, -0.1) is 0 Å². The van der Waals surface area contributed by atoms with Gasteiger partial charge in [0.2, 0.25) is 0 Å². The molecule has 4 rings (SSSR count). The lowest BCUT2D eigenvalue weighted by atomic mass is 10.1. The third kappa shape index (κ3) is 6.79. The van der Waals surface area contributed by atoms with Crippen LogP contribution in [0.2, 0.25) is 0 Å². The van der Waals surface area contributed by atoms with Crippen LogP contribution >= 0.6 is 0 Å². The first-order chi connectivity index (χ1) is 19.9. The van der Waals surface area contributed by atoms with Crippen LogP contribution in [0, 0.1) is 5.82 Å². The topological polar surface area (TPSA) is 150 Å². The number of methoxy groups -OCH3 is 1. The van der Waals surface area contributed by atoms with E-state index in [1.54, 1.807) is 11.2 Å². The number of halogens is 6. The molecule has 0 aliphatic carbocycles. The number of aromatic amines is 1. The number of aryl methyl sites for hydroxylation is 1. The number of rotatable bonds is 11. The molecular weight excluding hydrogens is 576 g/mol. The van der Waals surface area contributed by atoms with E-state index in [1.165, 1.54) is 30.1 Å². The van der Waals surface area contributed by atoms with Crippen molar-refractivity contribution in [3.8, 4) is 17.1 Å². The largest absolute Gasteiger partial charge is 0.478 e. The van der Waals surface area contributed by atoms with Crippen molar-refractivity contribution < 1.29 is 35.8 Å². The smallest absolute Gasteiger partial charge is 0.423 e. The summed E-state index contributed by atoms with van der Waals surface area (Å²) in [5.74, 6) is -0.755. The van der Waals surface area contributed by atoms with Crippen molar-refractivity contribution in [3.05, 3.63) is 68.9 Å². The van der Waals surface area contributed by atoms with Gasteiger partial charge in [-0.2, -0.15) is 27.1 Å². The van der Waals surface area contributed by atoms with Crippen molar-refractivity contribution in [2.24, 2.45) is 0 Å². The van der Waals surface area contributed by atoms with Crippen molar-refractivity contribution >= 4 is 22.3 Å². The Kier molecular flexibility index (Phi) is 8.99. The van der Waals surface area contributed by atoms with Gasteiger partial charge in [-0.25, -0.2) is 19.5 Å². The number of nitrogens with two attached hydrogens (primary N) is 1. The van der Waals surface area contributed by atoms with Crippen molar-refractivity contribution in [2.75, 3.05) is 24.8 Å². The molecule has 0 saturated heterocycles. The number of hydrogen-bond acceptors (Lipinski definition) is 9. The number of benzene rings is 1. The van der Waals surface area contributed by atoms with Gasteiger partial charge in [0.1, 0.15) is 11.4 Å². The second kappa shape index (κ2) is 12.5. The highest BCUT2D eigenvalue weighted by Gasteiger charge is 2.37. The number of nitrogen functional groups attached to an aromatic ring is 1. The molecule has 17 heteroatoms. The summed E-state index contributed by atoms with van der Waals surface area (Å²) in [7, 11) is 1.35. The Balaban J connectivity index is 1.53. The number of hydrogen-bond donors (Lipinski definition) is 3. The van der Waals surface area contributed by atoms with Crippen molar-refractivity contribution in [1.82, 2.24) is 24.7 Å². The van der Waals surface area contributed by atoms with Gasteiger partial charge in [0.25, 0.3) is 17.0 Å². The number of anilines is 2. The standard InChI is InChI=1S/C25H23F6N7O4/c1-41-22-20(32)36-17(9-33-22)15-7-12-4-6-38(23(40)14(12)8-16(15)26)5-2-3-13(11-42-24(27)28)35-18-10-34-37-21(39)19(18)25(29,30)31/h4,6-10,13,24H,2-3,5,11H2,1H3,(H2,32,36)(H2,35,37,39). The Morgan fingerprint density at radius 2 is 1.95 bits per heavy atom. The summed E-state index contributed by atoms with van der Waals surface area (Å²) >= 11 is 0. The molecule has 3 aromatic heterocycles. The second-order valence-corrected chi connectivity index (χ2v) is 8.95. The fourth-order valence-corrected chi connectivity index (χ4v) is 4.26. The predicted octanol–water partition coefficient (Wildman–Crippen LogP) is 3.79. The SMILES string of the molecule is COc1ncc(-c2cc3ccn(CCCC(COC(F)F)Nc4cn[nH]c(=O)c4C(F)(F)F)c(=O)c3cc2F)nc1N. The van der Waals surface area contributed by atoms with Gasteiger partial charge >= 0.3 is 12.8 Å². The number of nitrogens with zero attached hydrogens (tertiary/aromatic N) is 4. The quantitative estimate of drug-likeness (QED) is 0.219. The van der Waals surface area contributed by atoms with Crippen LogP contribution in [0.4, 0.5) is 37.8 Å². The molecule has 4 N–H and O–H groups in total. The Labute approximate surface area is 232 Å². The fourth-order valence-electron chi connectivity index (χ4n) is 4.26. The van der Waals surface area contributed by atoms with Gasteiger partial charge in [-0.3, -0.25) is 9.59 Å². The molecular formula is C25H23F6N7O4. The van der Waals surface area contributed by atoms with E-state index in [0.29, 0.717) is 11.6 Å². The summed E-state index contributed by atoms with van der Waals surface area (Å²) in [4.78, 5) is 32.8. The lowest BCUT2D eigenvalue weighted by Gasteiger charge is -2.22. The summed E-state index contributed by atoms with van der Waals surface area (Å²) in [6, 6.07) is 2.87. The third-order valence-corrected chi connectivity index (χ3v) is 6.17. The van der Waals surface area contributed by atoms with Crippen molar-refractivity contribution in [2.45, 2.75) is 38.2 Å². The van der Waals surface area contributed by atoms with E-state index >= 15 is 4.39 Å². The number of alkyl halides is 5. The van der Waals surface area contributed by atoms with E-state index in [-0.39, 0.29) is 47.7 Å². The summed E-state index contributed by atoms with van der Waals surface area (Å²) in [6.45, 7) is -3.90. The molecule has 0 amide bonds. The maximum atomic E-state index is 15.0. The Hall–Kier alpha value is -4.67. The molecule has 0 spiro atoms. The number of ether oxygens (including phenoxy) is 2.